The van der Waals surface area contributed by atoms with E-state index in [0.29, 0.717) is 28.7 Å². The van der Waals surface area contributed by atoms with Gasteiger partial charge in [0.15, 0.2) is 0 Å². The molecule has 0 unspecified atom stereocenters. The Labute approximate surface area is 180 Å². The molecule has 0 saturated heterocycles. The van der Waals surface area contributed by atoms with Gasteiger partial charge in [0.05, 0.1) is 11.4 Å². The molecule has 0 aliphatic carbocycles. The second-order valence-corrected chi connectivity index (χ2v) is 7.70. The highest BCUT2D eigenvalue weighted by Crippen LogP contribution is 2.29. The van der Waals surface area contributed by atoms with Crippen LogP contribution in [0.1, 0.15) is 41.3 Å². The number of amides is 1. The maximum Gasteiger partial charge on any atom is 0.276 e. The monoisotopic (exact) mass is 413 g/mol. The number of carbonyl (C=O) groups excluding carboxylic acids is 1. The van der Waals surface area contributed by atoms with Crippen molar-refractivity contribution in [3.05, 3.63) is 71.9 Å². The number of hydrogen-bond donors (Lipinski definition) is 1. The van der Waals surface area contributed by atoms with Gasteiger partial charge in [-0.2, -0.15) is 4.98 Å². The molecule has 7 heteroatoms. The lowest BCUT2D eigenvalue weighted by molar-refractivity contribution is 0.102. The number of carbonyl (C=O) groups is 1. The Bertz CT molecular complexity index is 1230. The molecule has 156 valence electrons. The molecule has 0 fully saturated rings. The van der Waals surface area contributed by atoms with Crippen molar-refractivity contribution < 1.29 is 9.32 Å². The molecule has 2 aromatic heterocycles. The molecular weight excluding hydrogens is 390 g/mol. The lowest BCUT2D eigenvalue weighted by Gasteiger charge is -2.10. The van der Waals surface area contributed by atoms with E-state index in [1.165, 1.54) is 0 Å². The molecule has 0 bridgehead atoms. The first kappa shape index (κ1) is 19.2. The summed E-state index contributed by atoms with van der Waals surface area (Å²) < 4.78 is 7.33. The van der Waals surface area contributed by atoms with Crippen LogP contribution in [0.5, 0.6) is 0 Å². The van der Waals surface area contributed by atoms with Crippen LogP contribution >= 0.6 is 0 Å². The number of nitrogens with one attached hydrogen (secondary N) is 1. The van der Waals surface area contributed by atoms with E-state index in [1.54, 1.807) is 6.92 Å². The summed E-state index contributed by atoms with van der Waals surface area (Å²) in [6.07, 6.45) is 4.13. The van der Waals surface area contributed by atoms with E-state index >= 15 is 0 Å². The van der Waals surface area contributed by atoms with Crippen LogP contribution in [0, 0.1) is 6.92 Å². The molecule has 7 nitrogen and oxygen atoms in total. The molecular formula is C24H23N5O2. The van der Waals surface area contributed by atoms with Gasteiger partial charge in [0.25, 0.3) is 5.91 Å². The molecule has 2 aromatic carbocycles. The van der Waals surface area contributed by atoms with Gasteiger partial charge in [0.1, 0.15) is 11.5 Å². The lowest BCUT2D eigenvalue weighted by atomic mass is 10.1. The first-order chi connectivity index (χ1) is 15.2. The van der Waals surface area contributed by atoms with Gasteiger partial charge in [-0.15, -0.1) is 0 Å². The maximum absolute atomic E-state index is 13.4. The van der Waals surface area contributed by atoms with Crippen molar-refractivity contribution in [2.75, 3.05) is 5.32 Å². The van der Waals surface area contributed by atoms with Crippen molar-refractivity contribution in [1.82, 2.24) is 19.7 Å². The normalized spacial score (nSPS) is 13.5. The van der Waals surface area contributed by atoms with Crippen LogP contribution in [0.15, 0.2) is 59.1 Å². The predicted octanol–water partition coefficient (Wildman–Crippen LogP) is 4.89. The summed E-state index contributed by atoms with van der Waals surface area (Å²) >= 11 is 0. The molecule has 1 N–H and O–H groups in total. The van der Waals surface area contributed by atoms with E-state index in [4.69, 9.17) is 9.51 Å². The number of benzene rings is 2. The highest BCUT2D eigenvalue weighted by Gasteiger charge is 2.25. The third-order valence-electron chi connectivity index (χ3n) is 5.56. The van der Waals surface area contributed by atoms with Crippen LogP contribution in [-0.4, -0.2) is 25.6 Å². The Balaban J connectivity index is 1.53. The minimum Gasteiger partial charge on any atom is -0.339 e. The molecule has 4 aromatic rings. The largest absolute Gasteiger partial charge is 0.339 e. The highest BCUT2D eigenvalue weighted by atomic mass is 16.5. The van der Waals surface area contributed by atoms with Gasteiger partial charge in [-0.3, -0.25) is 4.79 Å². The summed E-state index contributed by atoms with van der Waals surface area (Å²) in [6.45, 7) is 2.61. The number of hydrogen-bond acceptors (Lipinski definition) is 5. The summed E-state index contributed by atoms with van der Waals surface area (Å²) in [6, 6.07) is 17.5. The van der Waals surface area contributed by atoms with E-state index in [-0.39, 0.29) is 5.91 Å². The average molecular weight is 413 g/mol. The fourth-order valence-corrected chi connectivity index (χ4v) is 4.09. The zero-order valence-electron chi connectivity index (χ0n) is 17.3. The number of aromatic nitrogens is 4. The van der Waals surface area contributed by atoms with Gasteiger partial charge in [-0.25, -0.2) is 4.98 Å². The molecule has 0 saturated carbocycles. The van der Waals surface area contributed by atoms with Crippen molar-refractivity contribution >= 4 is 11.6 Å². The lowest BCUT2D eigenvalue weighted by Crippen LogP contribution is -2.16. The quantitative estimate of drug-likeness (QED) is 0.515. The number of rotatable bonds is 4. The van der Waals surface area contributed by atoms with Gasteiger partial charge in [-0.1, -0.05) is 54.0 Å². The Kier molecular flexibility index (Phi) is 5.08. The topological polar surface area (TPSA) is 85.8 Å². The number of fused-ring (bicyclic) bond motifs is 1. The second kappa shape index (κ2) is 8.18. The number of imidazole rings is 1. The molecule has 0 atom stereocenters. The molecule has 1 aliphatic rings. The van der Waals surface area contributed by atoms with Gasteiger partial charge < -0.3 is 14.4 Å². The number of anilines is 1. The van der Waals surface area contributed by atoms with Crippen molar-refractivity contribution in [3.63, 3.8) is 0 Å². The van der Waals surface area contributed by atoms with Crippen LogP contribution < -0.4 is 5.32 Å². The summed E-state index contributed by atoms with van der Waals surface area (Å²) in [4.78, 5) is 22.5. The van der Waals surface area contributed by atoms with Crippen molar-refractivity contribution in [2.24, 2.45) is 0 Å². The molecule has 0 radical (unpaired) electrons. The number of aryl methyl sites for hydroxylation is 1. The van der Waals surface area contributed by atoms with Gasteiger partial charge in [0, 0.05) is 24.6 Å². The molecule has 1 aliphatic heterocycles. The Hall–Kier alpha value is -3.74. The summed E-state index contributed by atoms with van der Waals surface area (Å²) in [5, 5.41) is 7.03. The van der Waals surface area contributed by atoms with Gasteiger partial charge in [-0.05, 0) is 31.4 Å². The van der Waals surface area contributed by atoms with E-state index in [1.807, 2.05) is 54.6 Å². The van der Waals surface area contributed by atoms with Gasteiger partial charge >= 0.3 is 0 Å². The number of nitrogens with zero attached hydrogens (tertiary/aromatic N) is 4. The van der Waals surface area contributed by atoms with Crippen LogP contribution in [0.25, 0.3) is 22.8 Å². The average Bonchev–Trinajstić information content (AvgIpc) is 3.30. The predicted molar refractivity (Wildman–Crippen MR) is 118 cm³/mol. The highest BCUT2D eigenvalue weighted by molar-refractivity contribution is 6.06. The maximum atomic E-state index is 13.4. The van der Waals surface area contributed by atoms with E-state index in [9.17, 15) is 4.79 Å². The summed E-state index contributed by atoms with van der Waals surface area (Å²) in [7, 11) is 0. The molecule has 0 spiro atoms. The molecule has 1 amide bonds. The summed E-state index contributed by atoms with van der Waals surface area (Å²) in [5.74, 6) is 1.55. The second-order valence-electron chi connectivity index (χ2n) is 7.70. The molecule has 31 heavy (non-hydrogen) atoms. The van der Waals surface area contributed by atoms with Crippen molar-refractivity contribution in [1.29, 1.82) is 0 Å². The fourth-order valence-electron chi connectivity index (χ4n) is 4.09. The first-order valence-corrected chi connectivity index (χ1v) is 10.6. The van der Waals surface area contributed by atoms with E-state index in [2.05, 4.69) is 20.0 Å². The van der Waals surface area contributed by atoms with E-state index in [0.717, 1.165) is 49.3 Å². The minimum atomic E-state index is -0.222. The minimum absolute atomic E-state index is 0.222. The van der Waals surface area contributed by atoms with Gasteiger partial charge in [0.2, 0.25) is 11.7 Å². The fraction of sp³-hybridized carbons (Fsp3) is 0.250. The molecule has 3 heterocycles. The Morgan fingerprint density at radius 1 is 1.00 bits per heavy atom. The zero-order chi connectivity index (χ0) is 21.2. The standard InChI is InChI=1S/C24H23N5O2/c1-16-25-22(28-31-16)18-12-7-8-13-19(18)26-24(30)21-20-14-6-3-9-15-29(20)23(27-21)17-10-4-2-5-11-17/h2,4-5,7-8,10-13H,3,6,9,14-15H2,1H3,(H,26,30). The first-order valence-electron chi connectivity index (χ1n) is 10.6. The SMILES string of the molecule is Cc1nc(-c2ccccc2NC(=O)c2nc(-c3ccccc3)n3c2CCCCC3)no1. The Morgan fingerprint density at radius 3 is 2.61 bits per heavy atom. The third-order valence-corrected chi connectivity index (χ3v) is 5.56. The molecule has 5 rings (SSSR count). The number of para-hydroxylation sites is 1. The van der Waals surface area contributed by atoms with Crippen molar-refractivity contribution in [2.45, 2.75) is 39.2 Å². The summed E-state index contributed by atoms with van der Waals surface area (Å²) in [5.41, 5.74) is 3.85. The van der Waals surface area contributed by atoms with Crippen LogP contribution in [-0.2, 0) is 13.0 Å². The smallest absolute Gasteiger partial charge is 0.276 e. The van der Waals surface area contributed by atoms with Crippen LogP contribution in [0.2, 0.25) is 0 Å². The van der Waals surface area contributed by atoms with Crippen molar-refractivity contribution in [3.8, 4) is 22.8 Å². The Morgan fingerprint density at radius 2 is 1.81 bits per heavy atom. The van der Waals surface area contributed by atoms with Crippen LogP contribution in [0.3, 0.4) is 0 Å². The van der Waals surface area contributed by atoms with Crippen LogP contribution in [0.4, 0.5) is 5.69 Å². The third kappa shape index (κ3) is 3.74. The van der Waals surface area contributed by atoms with E-state index < -0.39 is 0 Å². The zero-order valence-corrected chi connectivity index (χ0v) is 17.3.